The first-order valence-corrected chi connectivity index (χ1v) is 6.79. The van der Waals surface area contributed by atoms with E-state index in [1.807, 2.05) is 0 Å². The van der Waals surface area contributed by atoms with Gasteiger partial charge in [-0.2, -0.15) is 0 Å². The van der Waals surface area contributed by atoms with Gasteiger partial charge in [0.2, 0.25) is 0 Å². The molecule has 0 unspecified atom stereocenters. The van der Waals surface area contributed by atoms with Crippen LogP contribution in [0.25, 0.3) is 0 Å². The second kappa shape index (κ2) is 6.82. The van der Waals surface area contributed by atoms with E-state index in [9.17, 15) is 13.6 Å². The molecule has 0 radical (unpaired) electrons. The highest BCUT2D eigenvalue weighted by molar-refractivity contribution is 5.95. The summed E-state index contributed by atoms with van der Waals surface area (Å²) in [4.78, 5) is 13.6. The first-order valence-electron chi connectivity index (χ1n) is 6.79. The topological polar surface area (TPSA) is 75.8 Å². The molecule has 1 saturated heterocycles. The zero-order chi connectivity index (χ0) is 15.4. The lowest BCUT2D eigenvalue weighted by Crippen LogP contribution is -2.41. The number of halogens is 2. The number of carbonyl (C=O) groups is 1. The number of aliphatic hydroxyl groups is 1. The van der Waals surface area contributed by atoms with Gasteiger partial charge in [-0.05, 0) is 25.0 Å². The molecule has 116 valence electrons. The van der Waals surface area contributed by atoms with Crippen molar-refractivity contribution in [3.8, 4) is 0 Å². The lowest BCUT2D eigenvalue weighted by molar-refractivity contribution is -0.00569. The summed E-state index contributed by atoms with van der Waals surface area (Å²) in [7, 11) is 0. The van der Waals surface area contributed by atoms with E-state index in [1.165, 1.54) is 4.90 Å². The fourth-order valence-electron chi connectivity index (χ4n) is 2.37. The number of hydrogen-bond acceptors (Lipinski definition) is 4. The van der Waals surface area contributed by atoms with Crippen LogP contribution in [0.1, 0.15) is 23.2 Å². The molecule has 1 amide bonds. The molecule has 1 aliphatic heterocycles. The molecule has 0 aromatic heterocycles. The van der Waals surface area contributed by atoms with Gasteiger partial charge < -0.3 is 20.5 Å². The second-order valence-electron chi connectivity index (χ2n) is 4.91. The van der Waals surface area contributed by atoms with Crippen molar-refractivity contribution in [1.82, 2.24) is 4.90 Å². The second-order valence-corrected chi connectivity index (χ2v) is 4.91. The predicted molar refractivity (Wildman–Crippen MR) is 72.7 cm³/mol. The number of carbonyl (C=O) groups excluding carboxylic acids is 1. The van der Waals surface area contributed by atoms with Gasteiger partial charge in [0.1, 0.15) is 11.4 Å². The highest BCUT2D eigenvalue weighted by Crippen LogP contribution is 2.22. The maximum absolute atomic E-state index is 13.8. The Balaban J connectivity index is 2.04. The van der Waals surface area contributed by atoms with E-state index in [1.54, 1.807) is 0 Å². The van der Waals surface area contributed by atoms with Crippen molar-refractivity contribution in [3.05, 3.63) is 29.3 Å². The minimum absolute atomic E-state index is 0.0447. The first-order chi connectivity index (χ1) is 10.0. The average molecular weight is 300 g/mol. The summed E-state index contributed by atoms with van der Waals surface area (Å²) in [6.45, 7) is 0.890. The lowest BCUT2D eigenvalue weighted by Gasteiger charge is -2.32. The fraction of sp³-hybridized carbons (Fsp3) is 0.500. The fourth-order valence-corrected chi connectivity index (χ4v) is 2.37. The van der Waals surface area contributed by atoms with Crippen molar-refractivity contribution >= 4 is 11.6 Å². The van der Waals surface area contributed by atoms with Crippen LogP contribution >= 0.6 is 0 Å². The third-order valence-electron chi connectivity index (χ3n) is 3.51. The van der Waals surface area contributed by atoms with Gasteiger partial charge in [-0.3, -0.25) is 4.79 Å². The van der Waals surface area contributed by atoms with Crippen LogP contribution in [0.3, 0.4) is 0 Å². The smallest absolute Gasteiger partial charge is 0.259 e. The van der Waals surface area contributed by atoms with Crippen molar-refractivity contribution in [3.63, 3.8) is 0 Å². The van der Waals surface area contributed by atoms with Gasteiger partial charge in [0.15, 0.2) is 5.82 Å². The number of likely N-dealkylation sites (tertiary alicyclic amines) is 1. The molecule has 1 aromatic rings. The molecule has 0 saturated carbocycles. The molecule has 0 aliphatic carbocycles. The number of benzene rings is 1. The van der Waals surface area contributed by atoms with Gasteiger partial charge in [-0.25, -0.2) is 8.78 Å². The van der Waals surface area contributed by atoms with Crippen LogP contribution in [0.4, 0.5) is 14.5 Å². The van der Waals surface area contributed by atoms with Crippen LogP contribution in [0, 0.1) is 11.6 Å². The number of piperidine rings is 1. The number of anilines is 1. The number of nitrogens with two attached hydrogens (primary N) is 1. The quantitative estimate of drug-likeness (QED) is 0.818. The third-order valence-corrected chi connectivity index (χ3v) is 3.51. The molecule has 1 aromatic carbocycles. The zero-order valence-electron chi connectivity index (χ0n) is 11.5. The molecular formula is C14H18F2N2O3. The summed E-state index contributed by atoms with van der Waals surface area (Å²) < 4.78 is 32.9. The number of hydrogen-bond donors (Lipinski definition) is 2. The van der Waals surface area contributed by atoms with E-state index in [0.29, 0.717) is 25.9 Å². The van der Waals surface area contributed by atoms with E-state index in [0.717, 1.165) is 12.1 Å². The monoisotopic (exact) mass is 300 g/mol. The van der Waals surface area contributed by atoms with Crippen LogP contribution in [-0.4, -0.2) is 48.3 Å². The third kappa shape index (κ3) is 3.48. The van der Waals surface area contributed by atoms with Crippen molar-refractivity contribution in [2.75, 3.05) is 32.0 Å². The van der Waals surface area contributed by atoms with Crippen LogP contribution < -0.4 is 5.73 Å². The maximum Gasteiger partial charge on any atom is 0.259 e. The van der Waals surface area contributed by atoms with Crippen LogP contribution in [0.15, 0.2) is 12.1 Å². The predicted octanol–water partition coefficient (Wildman–Crippen LogP) is 1.16. The molecule has 2 rings (SSSR count). The largest absolute Gasteiger partial charge is 0.396 e. The van der Waals surface area contributed by atoms with Crippen LogP contribution in [0.2, 0.25) is 0 Å². The number of amides is 1. The Morgan fingerprint density at radius 1 is 1.38 bits per heavy atom. The van der Waals surface area contributed by atoms with Crippen molar-refractivity contribution < 1.29 is 23.4 Å². The van der Waals surface area contributed by atoms with Gasteiger partial charge in [0.25, 0.3) is 5.91 Å². The Morgan fingerprint density at radius 3 is 2.67 bits per heavy atom. The van der Waals surface area contributed by atoms with Gasteiger partial charge >= 0.3 is 0 Å². The lowest BCUT2D eigenvalue weighted by atomic mass is 10.1. The van der Waals surface area contributed by atoms with Gasteiger partial charge in [0.05, 0.1) is 25.0 Å². The van der Waals surface area contributed by atoms with E-state index in [-0.39, 0.29) is 25.0 Å². The molecule has 1 aliphatic rings. The maximum atomic E-state index is 13.8. The normalized spacial score (nSPS) is 16.2. The SMILES string of the molecule is Nc1ccc(F)c(C(=O)N2CCC(OCCO)CC2)c1F. The van der Waals surface area contributed by atoms with E-state index >= 15 is 0 Å². The molecule has 1 fully saturated rings. The average Bonchev–Trinajstić information content (AvgIpc) is 2.49. The molecular weight excluding hydrogens is 282 g/mol. The molecule has 21 heavy (non-hydrogen) atoms. The van der Waals surface area contributed by atoms with Crippen molar-refractivity contribution in [2.24, 2.45) is 0 Å². The first kappa shape index (κ1) is 15.7. The highest BCUT2D eigenvalue weighted by atomic mass is 19.1. The molecule has 3 N–H and O–H groups in total. The number of nitrogen functional groups attached to an aromatic ring is 1. The van der Waals surface area contributed by atoms with Crippen molar-refractivity contribution in [1.29, 1.82) is 0 Å². The van der Waals surface area contributed by atoms with Crippen molar-refractivity contribution in [2.45, 2.75) is 18.9 Å². The van der Waals surface area contributed by atoms with Gasteiger partial charge in [0, 0.05) is 13.1 Å². The minimum atomic E-state index is -1.02. The Kier molecular flexibility index (Phi) is 5.08. The summed E-state index contributed by atoms with van der Waals surface area (Å²) in [5.41, 5.74) is 4.52. The molecule has 0 spiro atoms. The summed E-state index contributed by atoms with van der Waals surface area (Å²) >= 11 is 0. The number of ether oxygens (including phenoxy) is 1. The Bertz CT molecular complexity index is 517. The zero-order valence-corrected chi connectivity index (χ0v) is 11.5. The number of aliphatic hydroxyl groups excluding tert-OH is 1. The number of rotatable bonds is 4. The van der Waals surface area contributed by atoms with E-state index < -0.39 is 23.1 Å². The van der Waals surface area contributed by atoms with Gasteiger partial charge in [-0.1, -0.05) is 0 Å². The molecule has 5 nitrogen and oxygen atoms in total. The molecule has 0 bridgehead atoms. The van der Waals surface area contributed by atoms with E-state index in [4.69, 9.17) is 15.6 Å². The molecule has 0 atom stereocenters. The van der Waals surface area contributed by atoms with E-state index in [2.05, 4.69) is 0 Å². The molecule has 7 heteroatoms. The summed E-state index contributed by atoms with van der Waals surface area (Å²) in [5, 5.41) is 8.69. The minimum Gasteiger partial charge on any atom is -0.396 e. The Labute approximate surface area is 121 Å². The highest BCUT2D eigenvalue weighted by Gasteiger charge is 2.28. The van der Waals surface area contributed by atoms with Crippen LogP contribution in [0.5, 0.6) is 0 Å². The Morgan fingerprint density at radius 2 is 2.05 bits per heavy atom. The van der Waals surface area contributed by atoms with Crippen LogP contribution in [-0.2, 0) is 4.74 Å². The summed E-state index contributed by atoms with van der Waals surface area (Å²) in [6.07, 6.45) is 1.09. The van der Waals surface area contributed by atoms with Gasteiger partial charge in [-0.15, -0.1) is 0 Å². The molecule has 1 heterocycles. The summed E-state index contributed by atoms with van der Waals surface area (Å²) in [6, 6.07) is 2.08. The summed E-state index contributed by atoms with van der Waals surface area (Å²) in [5.74, 6) is -2.62. The standard InChI is InChI=1S/C14H18F2N2O3/c15-10-1-2-11(17)13(16)12(10)14(20)18-5-3-9(4-6-18)21-8-7-19/h1-2,9,19H,3-8,17H2. The Hall–Kier alpha value is -1.73. The number of nitrogens with zero attached hydrogens (tertiary/aromatic N) is 1.